The molecule has 4 N–H and O–H groups in total. The topological polar surface area (TPSA) is 132 Å². The van der Waals surface area contributed by atoms with E-state index in [4.69, 9.17) is 15.9 Å². The molecule has 0 amide bonds. The van der Waals surface area contributed by atoms with Crippen LogP contribution in [0.5, 0.6) is 5.75 Å². The van der Waals surface area contributed by atoms with E-state index in [1.165, 1.54) is 23.0 Å². The van der Waals surface area contributed by atoms with E-state index in [0.29, 0.717) is 47.9 Å². The van der Waals surface area contributed by atoms with Gasteiger partial charge in [-0.2, -0.15) is 0 Å². The highest BCUT2D eigenvalue weighted by Crippen LogP contribution is 2.28. The number of nitrogens with one attached hydrogen (secondary N) is 2. The maximum Gasteiger partial charge on any atom is 0.264 e. The molecule has 186 valence electrons. The van der Waals surface area contributed by atoms with Crippen molar-refractivity contribution in [3.05, 3.63) is 81.9 Å². The van der Waals surface area contributed by atoms with Crippen molar-refractivity contribution < 1.29 is 9.13 Å². The number of aromatic nitrogens is 4. The summed E-state index contributed by atoms with van der Waals surface area (Å²) in [5.41, 5.74) is 7.13. The Morgan fingerprint density at radius 1 is 1.19 bits per heavy atom. The van der Waals surface area contributed by atoms with Crippen LogP contribution in [0.2, 0.25) is 0 Å². The van der Waals surface area contributed by atoms with Crippen molar-refractivity contribution in [2.24, 2.45) is 0 Å². The molecule has 0 saturated heterocycles. The number of halogens is 1. The summed E-state index contributed by atoms with van der Waals surface area (Å²) >= 11 is 0. The number of hydrogen-bond donors (Lipinski definition) is 3. The van der Waals surface area contributed by atoms with Crippen molar-refractivity contribution in [3.63, 3.8) is 0 Å². The van der Waals surface area contributed by atoms with Gasteiger partial charge in [-0.05, 0) is 49.2 Å². The van der Waals surface area contributed by atoms with E-state index in [-0.39, 0.29) is 22.4 Å². The quantitative estimate of drug-likeness (QED) is 0.299. The number of nitrogen functional groups attached to an aromatic ring is 1. The third-order valence-electron chi connectivity index (χ3n) is 5.95. The second-order valence-corrected chi connectivity index (χ2v) is 8.25. The Kier molecular flexibility index (Phi) is 7.23. The van der Waals surface area contributed by atoms with Gasteiger partial charge in [0.05, 0.1) is 29.9 Å². The highest BCUT2D eigenvalue weighted by molar-refractivity contribution is 6.16. The molecule has 36 heavy (non-hydrogen) atoms. The molecule has 0 spiro atoms. The molecule has 0 aliphatic carbocycles. The first-order valence-corrected chi connectivity index (χ1v) is 11.7. The number of methoxy groups -OCH3 is 1. The summed E-state index contributed by atoms with van der Waals surface area (Å²) in [4.78, 5) is 26.4. The van der Waals surface area contributed by atoms with Gasteiger partial charge >= 0.3 is 0 Å². The monoisotopic (exact) mass is 489 g/mol. The molecule has 2 heterocycles. The van der Waals surface area contributed by atoms with Gasteiger partial charge in [0.2, 0.25) is 0 Å². The van der Waals surface area contributed by atoms with Gasteiger partial charge < -0.3 is 15.8 Å². The predicted molar refractivity (Wildman–Crippen MR) is 138 cm³/mol. The van der Waals surface area contributed by atoms with Crippen LogP contribution >= 0.6 is 0 Å². The first-order valence-electron chi connectivity index (χ1n) is 11.7. The second-order valence-electron chi connectivity index (χ2n) is 8.25. The van der Waals surface area contributed by atoms with Gasteiger partial charge in [-0.15, -0.1) is 0 Å². The Balaban J connectivity index is 1.80. The lowest BCUT2D eigenvalue weighted by Crippen LogP contribution is -2.30. The molecule has 4 aromatic rings. The van der Waals surface area contributed by atoms with Crippen LogP contribution in [-0.4, -0.2) is 32.3 Å². The van der Waals surface area contributed by atoms with E-state index in [2.05, 4.69) is 20.3 Å². The van der Waals surface area contributed by atoms with E-state index in [9.17, 15) is 9.18 Å². The fourth-order valence-corrected chi connectivity index (χ4v) is 4.12. The SMILES string of the molecule is CCCn1c(C(CC)Nc2ncnc(N)c2C(=N)c2ccc(OC)cc2)nc2cccc(F)c2c1=O. The second kappa shape index (κ2) is 10.5. The summed E-state index contributed by atoms with van der Waals surface area (Å²) in [6.07, 6.45) is 2.52. The van der Waals surface area contributed by atoms with Crippen LogP contribution in [-0.2, 0) is 6.54 Å². The van der Waals surface area contributed by atoms with Crippen molar-refractivity contribution in [3.8, 4) is 5.75 Å². The largest absolute Gasteiger partial charge is 0.497 e. The Hall–Kier alpha value is -4.34. The number of rotatable bonds is 9. The minimum atomic E-state index is -0.596. The van der Waals surface area contributed by atoms with Crippen LogP contribution in [0.15, 0.2) is 53.6 Å². The Morgan fingerprint density at radius 3 is 2.61 bits per heavy atom. The van der Waals surface area contributed by atoms with Gasteiger partial charge in [0.15, 0.2) is 0 Å². The van der Waals surface area contributed by atoms with Crippen molar-refractivity contribution in [1.29, 1.82) is 5.41 Å². The Labute approximate surface area is 207 Å². The molecule has 2 aromatic carbocycles. The number of hydrogen-bond acceptors (Lipinski definition) is 8. The van der Waals surface area contributed by atoms with Crippen molar-refractivity contribution in [1.82, 2.24) is 19.5 Å². The zero-order valence-electron chi connectivity index (χ0n) is 20.4. The average Bonchev–Trinajstić information content (AvgIpc) is 2.88. The number of benzene rings is 2. The number of nitrogens with zero attached hydrogens (tertiary/aromatic N) is 4. The molecule has 4 rings (SSSR count). The summed E-state index contributed by atoms with van der Waals surface area (Å²) < 4.78 is 21.2. The Bertz CT molecular complexity index is 1470. The van der Waals surface area contributed by atoms with Gasteiger partial charge in [-0.25, -0.2) is 19.3 Å². The third-order valence-corrected chi connectivity index (χ3v) is 5.95. The first kappa shape index (κ1) is 24.8. The number of ether oxygens (including phenoxy) is 1. The molecule has 0 radical (unpaired) electrons. The highest BCUT2D eigenvalue weighted by Gasteiger charge is 2.23. The molecule has 0 aliphatic heterocycles. The van der Waals surface area contributed by atoms with Gasteiger partial charge in [-0.1, -0.05) is 19.9 Å². The van der Waals surface area contributed by atoms with Crippen LogP contribution in [0.1, 0.15) is 49.7 Å². The zero-order chi connectivity index (χ0) is 25.8. The van der Waals surface area contributed by atoms with Crippen molar-refractivity contribution >= 4 is 28.3 Å². The molecule has 1 unspecified atom stereocenters. The maximum absolute atomic E-state index is 14.5. The molecular weight excluding hydrogens is 461 g/mol. The fraction of sp³-hybridized carbons (Fsp3) is 0.269. The lowest BCUT2D eigenvalue weighted by atomic mass is 10.0. The summed E-state index contributed by atoms with van der Waals surface area (Å²) in [6.45, 7) is 4.26. The van der Waals surface area contributed by atoms with Crippen molar-refractivity contribution in [2.45, 2.75) is 39.3 Å². The number of fused-ring (bicyclic) bond motifs is 1. The van der Waals surface area contributed by atoms with Crippen LogP contribution < -0.4 is 21.3 Å². The minimum absolute atomic E-state index is 0.0298. The number of nitrogens with two attached hydrogens (primary N) is 1. The molecule has 0 bridgehead atoms. The summed E-state index contributed by atoms with van der Waals surface area (Å²) in [5, 5.41) is 12.1. The third kappa shape index (κ3) is 4.61. The van der Waals surface area contributed by atoms with E-state index in [1.54, 1.807) is 37.4 Å². The normalized spacial score (nSPS) is 11.9. The summed E-state index contributed by atoms with van der Waals surface area (Å²) in [7, 11) is 1.57. The molecule has 1 atom stereocenters. The minimum Gasteiger partial charge on any atom is -0.497 e. The summed E-state index contributed by atoms with van der Waals surface area (Å²) in [6, 6.07) is 11.0. The molecule has 0 fully saturated rings. The van der Waals surface area contributed by atoms with Gasteiger partial charge in [0.1, 0.15) is 40.7 Å². The smallest absolute Gasteiger partial charge is 0.264 e. The molecule has 10 heteroatoms. The van der Waals surface area contributed by atoms with E-state index in [0.717, 1.165) is 0 Å². The zero-order valence-corrected chi connectivity index (χ0v) is 20.4. The number of anilines is 2. The van der Waals surface area contributed by atoms with E-state index >= 15 is 0 Å². The van der Waals surface area contributed by atoms with Gasteiger partial charge in [0, 0.05) is 12.1 Å². The van der Waals surface area contributed by atoms with Gasteiger partial charge in [0.25, 0.3) is 5.56 Å². The lowest BCUT2D eigenvalue weighted by molar-refractivity contribution is 0.415. The van der Waals surface area contributed by atoms with E-state index < -0.39 is 17.4 Å². The lowest BCUT2D eigenvalue weighted by Gasteiger charge is -2.23. The Morgan fingerprint density at radius 2 is 1.94 bits per heavy atom. The standard InChI is InChI=1S/C26H28FN7O2/c1-4-13-34-25(33-19-8-6-7-17(27)20(19)26(34)35)18(5-2)32-24-21(23(29)30-14-31-24)22(28)15-9-11-16(36-3)12-10-15/h6-12,14,18,28H,4-5,13H2,1-3H3,(H3,29,30,31,32). The summed E-state index contributed by atoms with van der Waals surface area (Å²) in [5.74, 6) is 1.01. The van der Waals surface area contributed by atoms with Crippen LogP contribution in [0, 0.1) is 11.2 Å². The maximum atomic E-state index is 14.5. The molecular formula is C26H28FN7O2. The molecule has 2 aromatic heterocycles. The highest BCUT2D eigenvalue weighted by atomic mass is 19.1. The average molecular weight is 490 g/mol. The first-order chi connectivity index (χ1) is 17.4. The van der Waals surface area contributed by atoms with Gasteiger partial charge in [-0.3, -0.25) is 14.8 Å². The van der Waals surface area contributed by atoms with Crippen LogP contribution in [0.25, 0.3) is 10.9 Å². The fourth-order valence-electron chi connectivity index (χ4n) is 4.12. The predicted octanol–water partition coefficient (Wildman–Crippen LogP) is 4.31. The van der Waals surface area contributed by atoms with Crippen LogP contribution in [0.4, 0.5) is 16.0 Å². The van der Waals surface area contributed by atoms with Crippen molar-refractivity contribution in [2.75, 3.05) is 18.2 Å². The van der Waals surface area contributed by atoms with Crippen LogP contribution in [0.3, 0.4) is 0 Å². The molecule has 0 aliphatic rings. The molecule has 0 saturated carbocycles. The van der Waals surface area contributed by atoms with E-state index in [1.807, 2.05) is 13.8 Å². The molecule has 9 nitrogen and oxygen atoms in total.